The molecule has 6 heteroatoms. The molecule has 4 bridgehead atoms. The summed E-state index contributed by atoms with van der Waals surface area (Å²) >= 11 is 18.3. The van der Waals surface area contributed by atoms with E-state index in [4.69, 9.17) is 44.3 Å². The number of rotatable bonds is 7. The van der Waals surface area contributed by atoms with Gasteiger partial charge in [0.05, 0.1) is 22.2 Å². The van der Waals surface area contributed by atoms with Crippen molar-refractivity contribution < 1.29 is 14.3 Å². The molecular weight excluding hydrogens is 479 g/mol. The summed E-state index contributed by atoms with van der Waals surface area (Å²) in [4.78, 5) is 13.3. The van der Waals surface area contributed by atoms with Crippen molar-refractivity contribution in [1.82, 2.24) is 0 Å². The Kier molecular flexibility index (Phi) is 6.41. The lowest BCUT2D eigenvalue weighted by Gasteiger charge is -2.55. The number of hydrogen-bond donors (Lipinski definition) is 0. The van der Waals surface area contributed by atoms with Crippen molar-refractivity contribution >= 4 is 46.7 Å². The summed E-state index contributed by atoms with van der Waals surface area (Å²) in [7, 11) is 1.62. The number of ether oxygens (including phenoxy) is 2. The quantitative estimate of drug-likeness (QED) is 0.282. The third-order valence-electron chi connectivity index (χ3n) is 7.65. The van der Waals surface area contributed by atoms with Crippen LogP contribution >= 0.6 is 34.8 Å². The van der Waals surface area contributed by atoms with Gasteiger partial charge in [0.25, 0.3) is 0 Å². The van der Waals surface area contributed by atoms with Crippen molar-refractivity contribution in [3.8, 4) is 11.5 Å². The molecule has 0 spiro atoms. The highest BCUT2D eigenvalue weighted by Crippen LogP contribution is 2.60. The highest BCUT2D eigenvalue weighted by molar-refractivity contribution is 6.43. The number of halogens is 3. The van der Waals surface area contributed by atoms with Gasteiger partial charge in [-0.1, -0.05) is 46.9 Å². The average molecular weight is 506 g/mol. The smallest absolute Gasteiger partial charge is 0.161 e. The van der Waals surface area contributed by atoms with Crippen LogP contribution in [0.15, 0.2) is 36.4 Å². The monoisotopic (exact) mass is 504 g/mol. The van der Waals surface area contributed by atoms with Crippen molar-refractivity contribution in [2.75, 3.05) is 7.11 Å². The van der Waals surface area contributed by atoms with Gasteiger partial charge in [0.15, 0.2) is 5.78 Å². The highest BCUT2D eigenvalue weighted by atomic mass is 35.5. The number of ketones is 1. The van der Waals surface area contributed by atoms with E-state index in [1.54, 1.807) is 25.3 Å². The summed E-state index contributed by atoms with van der Waals surface area (Å²) in [5.74, 6) is 3.73. The Hall–Kier alpha value is -1.68. The second-order valence-electron chi connectivity index (χ2n) is 9.95. The Morgan fingerprint density at radius 1 is 0.939 bits per heavy atom. The minimum Gasteiger partial charge on any atom is -0.496 e. The first-order valence-electron chi connectivity index (χ1n) is 11.5. The fourth-order valence-corrected chi connectivity index (χ4v) is 7.14. The van der Waals surface area contributed by atoms with Crippen LogP contribution in [-0.2, 0) is 11.4 Å². The summed E-state index contributed by atoms with van der Waals surface area (Å²) in [6.45, 7) is 0.242. The number of benzene rings is 2. The van der Waals surface area contributed by atoms with Crippen LogP contribution < -0.4 is 9.47 Å². The molecule has 2 aromatic carbocycles. The van der Waals surface area contributed by atoms with Gasteiger partial charge in [-0.05, 0) is 86.1 Å². The second kappa shape index (κ2) is 9.17. The van der Waals surface area contributed by atoms with Gasteiger partial charge in [-0.15, -0.1) is 0 Å². The first-order chi connectivity index (χ1) is 15.8. The number of allylic oxidation sites excluding steroid dienone is 1. The van der Waals surface area contributed by atoms with Crippen LogP contribution in [0.25, 0.3) is 6.08 Å². The maximum absolute atomic E-state index is 13.3. The van der Waals surface area contributed by atoms with Gasteiger partial charge in [-0.25, -0.2) is 0 Å². The molecular formula is C27H27Cl3O3. The van der Waals surface area contributed by atoms with E-state index in [-0.39, 0.29) is 12.0 Å². The minimum absolute atomic E-state index is 0.117. The Morgan fingerprint density at radius 2 is 1.58 bits per heavy atom. The third kappa shape index (κ3) is 4.65. The van der Waals surface area contributed by atoms with Crippen molar-refractivity contribution in [3.05, 3.63) is 62.6 Å². The van der Waals surface area contributed by atoms with Crippen molar-refractivity contribution in [2.24, 2.45) is 23.2 Å². The van der Waals surface area contributed by atoms with E-state index in [1.165, 1.54) is 19.3 Å². The van der Waals surface area contributed by atoms with E-state index in [2.05, 4.69) is 0 Å². The first kappa shape index (κ1) is 23.1. The van der Waals surface area contributed by atoms with Gasteiger partial charge < -0.3 is 9.47 Å². The van der Waals surface area contributed by atoms with Crippen LogP contribution in [0.1, 0.15) is 49.7 Å². The van der Waals surface area contributed by atoms with E-state index in [0.717, 1.165) is 48.1 Å². The van der Waals surface area contributed by atoms with Crippen molar-refractivity contribution in [2.45, 2.75) is 45.1 Å². The molecule has 4 fully saturated rings. The van der Waals surface area contributed by atoms with E-state index in [9.17, 15) is 4.79 Å². The molecule has 0 amide bonds. The fourth-order valence-electron chi connectivity index (χ4n) is 6.55. The largest absolute Gasteiger partial charge is 0.496 e. The molecule has 0 radical (unpaired) electrons. The Balaban J connectivity index is 1.31. The summed E-state index contributed by atoms with van der Waals surface area (Å²) in [5.41, 5.74) is 1.67. The summed E-state index contributed by atoms with van der Waals surface area (Å²) in [6.07, 6.45) is 11.0. The third-order valence-corrected chi connectivity index (χ3v) is 8.67. The van der Waals surface area contributed by atoms with Crippen LogP contribution in [0.2, 0.25) is 15.1 Å². The molecule has 0 unspecified atom stereocenters. The molecule has 0 saturated heterocycles. The lowest BCUT2D eigenvalue weighted by molar-refractivity contribution is -0.138. The molecule has 4 saturated carbocycles. The van der Waals surface area contributed by atoms with Crippen LogP contribution in [0.5, 0.6) is 11.5 Å². The molecule has 4 aliphatic carbocycles. The summed E-state index contributed by atoms with van der Waals surface area (Å²) < 4.78 is 11.4. The van der Waals surface area contributed by atoms with Crippen LogP contribution in [0, 0.1) is 23.2 Å². The van der Waals surface area contributed by atoms with Gasteiger partial charge in [-0.3, -0.25) is 4.79 Å². The number of hydrogen-bond acceptors (Lipinski definition) is 3. The fraction of sp³-hybridized carbons (Fsp3) is 0.444. The topological polar surface area (TPSA) is 35.5 Å². The Bertz CT molecular complexity index is 1070. The predicted octanol–water partition coefficient (Wildman–Crippen LogP) is 8.03. The standard InChI is InChI=1S/C27H27Cl3O3/c1-32-24-4-2-16(9-20(24)15-33-25-11-22(29)21(28)10-23(25)30)3-5-26(31)27-12-17-6-18(13-27)8-19(7-17)14-27/h2-5,9-11,17-19H,6-8,12-15H2,1H3/b5-3+. The summed E-state index contributed by atoms with van der Waals surface area (Å²) in [6, 6.07) is 9.00. The van der Waals surface area contributed by atoms with Gasteiger partial charge in [0, 0.05) is 17.0 Å². The molecule has 0 aromatic heterocycles. The zero-order chi connectivity index (χ0) is 23.2. The van der Waals surface area contributed by atoms with Gasteiger partial charge >= 0.3 is 0 Å². The lowest BCUT2D eigenvalue weighted by atomic mass is 9.48. The zero-order valence-electron chi connectivity index (χ0n) is 18.6. The van der Waals surface area contributed by atoms with Crippen LogP contribution in [0.4, 0.5) is 0 Å². The molecule has 6 rings (SSSR count). The Morgan fingerprint density at radius 3 is 2.21 bits per heavy atom. The molecule has 2 aromatic rings. The second-order valence-corrected chi connectivity index (χ2v) is 11.2. The van der Waals surface area contributed by atoms with Crippen molar-refractivity contribution in [1.29, 1.82) is 0 Å². The van der Waals surface area contributed by atoms with E-state index >= 15 is 0 Å². The Labute approximate surface area is 210 Å². The van der Waals surface area contributed by atoms with E-state index < -0.39 is 0 Å². The molecule has 3 nitrogen and oxygen atoms in total. The van der Waals surface area contributed by atoms with Gasteiger partial charge in [0.1, 0.15) is 18.1 Å². The molecule has 33 heavy (non-hydrogen) atoms. The maximum atomic E-state index is 13.3. The normalized spacial score (nSPS) is 27.8. The lowest BCUT2D eigenvalue weighted by Crippen LogP contribution is -2.49. The number of carbonyl (C=O) groups is 1. The molecule has 0 N–H and O–H groups in total. The number of methoxy groups -OCH3 is 1. The molecule has 0 heterocycles. The van der Waals surface area contributed by atoms with Crippen molar-refractivity contribution in [3.63, 3.8) is 0 Å². The molecule has 174 valence electrons. The first-order valence-corrected chi connectivity index (χ1v) is 12.7. The zero-order valence-corrected chi connectivity index (χ0v) is 20.8. The maximum Gasteiger partial charge on any atom is 0.161 e. The van der Waals surface area contributed by atoms with Crippen LogP contribution in [-0.4, -0.2) is 12.9 Å². The molecule has 0 atom stereocenters. The van der Waals surface area contributed by atoms with Gasteiger partial charge in [0.2, 0.25) is 0 Å². The van der Waals surface area contributed by atoms with E-state index in [1.807, 2.05) is 24.3 Å². The van der Waals surface area contributed by atoms with E-state index in [0.29, 0.717) is 32.4 Å². The molecule has 0 aliphatic heterocycles. The van der Waals surface area contributed by atoms with Gasteiger partial charge in [-0.2, -0.15) is 0 Å². The highest BCUT2D eigenvalue weighted by Gasteiger charge is 2.53. The predicted molar refractivity (Wildman–Crippen MR) is 133 cm³/mol. The van der Waals surface area contributed by atoms with Crippen LogP contribution in [0.3, 0.4) is 0 Å². The SMILES string of the molecule is COc1ccc(/C=C/C(=O)C23CC4CC(CC(C4)C2)C3)cc1COc1cc(Cl)c(Cl)cc1Cl. The minimum atomic E-state index is -0.117. The summed E-state index contributed by atoms with van der Waals surface area (Å²) in [5, 5.41) is 1.14. The average Bonchev–Trinajstić information content (AvgIpc) is 2.78. The number of carbonyl (C=O) groups excluding carboxylic acids is 1. The molecule has 4 aliphatic rings.